The van der Waals surface area contributed by atoms with Crippen LogP contribution >= 0.6 is 0 Å². The summed E-state index contributed by atoms with van der Waals surface area (Å²) in [6.45, 7) is 34.3. The van der Waals surface area contributed by atoms with E-state index in [1.165, 1.54) is 4.68 Å². The van der Waals surface area contributed by atoms with E-state index in [0.717, 1.165) is 66.0 Å². The van der Waals surface area contributed by atoms with E-state index in [-0.39, 0.29) is 41.2 Å². The van der Waals surface area contributed by atoms with Crippen molar-refractivity contribution in [3.63, 3.8) is 0 Å². The molecule has 0 bridgehead atoms. The lowest BCUT2D eigenvalue weighted by Crippen LogP contribution is -2.17. The maximum Gasteiger partial charge on any atom is 0.263 e. The number of anilines is 5. The van der Waals surface area contributed by atoms with Crippen molar-refractivity contribution in [1.82, 2.24) is 64.3 Å². The largest absolute Gasteiger partial charge is 0.494 e. The molecule has 0 aliphatic heterocycles. The predicted octanol–water partition coefficient (Wildman–Crippen LogP) is 18.6. The Morgan fingerprint density at radius 2 is 0.694 bits per heavy atom. The van der Waals surface area contributed by atoms with Crippen molar-refractivity contribution in [3.05, 3.63) is 294 Å². The zero-order valence-electron chi connectivity index (χ0n) is 72.3. The van der Waals surface area contributed by atoms with Crippen molar-refractivity contribution in [2.45, 2.75) is 159 Å². The van der Waals surface area contributed by atoms with Crippen LogP contribution in [0.15, 0.2) is 263 Å². The van der Waals surface area contributed by atoms with Gasteiger partial charge in [0.2, 0.25) is 0 Å². The fourth-order valence-electron chi connectivity index (χ4n) is 13.8. The predicted molar refractivity (Wildman–Crippen MR) is 492 cm³/mol. The molecule has 8 aromatic heterocycles. The number of nitrogens with two attached hydrogens (primary N) is 1. The third-order valence-electron chi connectivity index (χ3n) is 20.4. The van der Waals surface area contributed by atoms with Gasteiger partial charge >= 0.3 is 0 Å². The maximum absolute atomic E-state index is 13.1. The van der Waals surface area contributed by atoms with Crippen molar-refractivity contribution in [3.8, 4) is 28.6 Å². The molecule has 0 saturated carbocycles. The summed E-state index contributed by atoms with van der Waals surface area (Å²) in [5.74, 6) is 2.83. The third kappa shape index (κ3) is 19.8. The number of methoxy groups -OCH3 is 1. The normalized spacial score (nSPS) is 12.2. The first-order chi connectivity index (χ1) is 58.3. The van der Waals surface area contributed by atoms with Gasteiger partial charge in [-0.05, 0) is 163 Å². The summed E-state index contributed by atoms with van der Waals surface area (Å²) in [5, 5.41) is 30.4. The van der Waals surface area contributed by atoms with Gasteiger partial charge in [0.15, 0.2) is 5.82 Å². The molecule has 6 N–H and O–H groups in total. The minimum atomic E-state index is -3.82. The monoisotopic (exact) mass is 1740 g/mol. The Balaban J connectivity index is 0.000000142. The Morgan fingerprint density at radius 1 is 0.347 bits per heavy atom. The van der Waals surface area contributed by atoms with E-state index in [4.69, 9.17) is 10.5 Å². The van der Waals surface area contributed by atoms with Crippen LogP contribution in [0.25, 0.3) is 66.4 Å². The van der Waals surface area contributed by atoms with E-state index in [1.807, 2.05) is 166 Å². The molecule has 640 valence electrons. The van der Waals surface area contributed by atoms with Gasteiger partial charge in [-0.25, -0.2) is 57.7 Å². The molecular formula is C93H100N18O9S4. The summed E-state index contributed by atoms with van der Waals surface area (Å²) in [6.07, 6.45) is 4.93. The Labute approximate surface area is 723 Å². The molecule has 0 aliphatic rings. The number of nitrogens with zero attached hydrogens (tertiary/aromatic N) is 13. The van der Waals surface area contributed by atoms with Crippen molar-refractivity contribution in [2.75, 3.05) is 31.7 Å². The Hall–Kier alpha value is -13.2. The zero-order chi connectivity index (χ0) is 89.4. The average Bonchev–Trinajstić information content (AvgIpc) is 1.59. The minimum Gasteiger partial charge on any atom is -0.494 e. The van der Waals surface area contributed by atoms with Gasteiger partial charge in [-0.15, -0.1) is 0 Å². The van der Waals surface area contributed by atoms with E-state index in [0.29, 0.717) is 85.8 Å². The van der Waals surface area contributed by atoms with Crippen LogP contribution in [0.3, 0.4) is 0 Å². The number of nitrogens with one attached hydrogen (secondary N) is 4. The quantitative estimate of drug-likeness (QED) is 0.0565. The minimum absolute atomic E-state index is 0.0496. The highest BCUT2D eigenvalue weighted by molar-refractivity contribution is 7.93. The second-order valence-electron chi connectivity index (χ2n) is 34.2. The lowest BCUT2D eigenvalue weighted by atomic mass is 9.87. The fourth-order valence-corrected chi connectivity index (χ4v) is 17.9. The first kappa shape index (κ1) is 88.6. The number of benzene rings is 8. The standard InChI is InChI=1S/C24H26N4O3S.C24H26N4O2S.C23H25N5O2S.C22H23N5O2S/c1-16-14-22(27-32(29,30)18-12-10-17(11-13-18)24(2,3)4)28(26-16)23-20-9-7-6-8-19(20)21(31-5)15-25-23;1-16-8-13-21(20-7-6-14-25-23(16)20)28-22(15-17(2)26-28)27-31(29,30)19-11-9-18(10-12-19)24(3,4)5;1-15-13-22(27-31(29,30)17-11-9-16(10-12-17)23(2,3)4)28(26-15)20-14-21(24)25-19-8-6-5-7-18(19)20;1-15-13-21(26-30(28,29)17-11-9-16(10-12-17)22(2,3)4)27(25-15)20-14-23-24-19-8-6-5-7-18(19)20/h6-15,27H,1-5H3;6-15,27H,1-5H3;5-14,27H,1-4H3,(H2,24,25);5-14,26H,1-4H3. The third-order valence-corrected chi connectivity index (χ3v) is 25.9. The number of hydrogen-bond donors (Lipinski definition) is 5. The molecule has 0 fully saturated rings. The smallest absolute Gasteiger partial charge is 0.263 e. The molecule has 0 saturated heterocycles. The number of hydrogen-bond acceptors (Lipinski definition) is 19. The molecule has 0 amide bonds. The van der Waals surface area contributed by atoms with Crippen LogP contribution in [0.4, 0.5) is 29.1 Å². The Morgan fingerprint density at radius 3 is 1.10 bits per heavy atom. The molecule has 16 aromatic rings. The number of para-hydroxylation sites is 1. The highest BCUT2D eigenvalue weighted by Gasteiger charge is 2.28. The molecule has 0 unspecified atom stereocenters. The first-order valence-corrected chi connectivity index (χ1v) is 45.7. The van der Waals surface area contributed by atoms with Gasteiger partial charge in [-0.2, -0.15) is 35.3 Å². The molecule has 124 heavy (non-hydrogen) atoms. The van der Waals surface area contributed by atoms with Crippen LogP contribution in [0.2, 0.25) is 0 Å². The summed E-state index contributed by atoms with van der Waals surface area (Å²) in [4.78, 5) is 14.1. The number of aromatic nitrogens is 13. The van der Waals surface area contributed by atoms with Crippen LogP contribution < -0.4 is 29.4 Å². The molecule has 31 heteroatoms. The van der Waals surface area contributed by atoms with E-state index >= 15 is 0 Å². The van der Waals surface area contributed by atoms with E-state index in [2.05, 4.69) is 148 Å². The van der Waals surface area contributed by atoms with Crippen molar-refractivity contribution in [2.24, 2.45) is 0 Å². The molecule has 8 heterocycles. The zero-order valence-corrected chi connectivity index (χ0v) is 75.6. The summed E-state index contributed by atoms with van der Waals surface area (Å²) in [6, 6.07) is 66.7. The SMILES string of the molecule is COc1cnc(-n2nc(C)cc2NS(=O)(=O)c2ccc(C(C)(C)C)cc2)c2ccccc12.Cc1cc(NS(=O)(=O)c2ccc(C(C)(C)C)cc2)n(-c2cc(N)nc3ccccc23)n1.Cc1cc(NS(=O)(=O)c2ccc(C(C)(C)C)cc2)n(-c2ccc(C)c3ncccc23)n1.Cc1cc(NS(=O)(=O)c2ccc(C(C)(C)C)cc2)n(-c2cnnc3ccccc23)n1. The second-order valence-corrected chi connectivity index (χ2v) is 40.9. The van der Waals surface area contributed by atoms with Gasteiger partial charge in [0.1, 0.15) is 34.8 Å². The Kier molecular flexibility index (Phi) is 24.7. The number of ether oxygens (including phenoxy) is 1. The van der Waals surface area contributed by atoms with E-state index in [1.54, 1.807) is 132 Å². The van der Waals surface area contributed by atoms with E-state index < -0.39 is 40.1 Å². The number of rotatable bonds is 17. The molecule has 16 rings (SSSR count). The fraction of sp³-hybridized carbons (Fsp3) is 0.237. The van der Waals surface area contributed by atoms with E-state index in [9.17, 15) is 33.7 Å². The van der Waals surface area contributed by atoms with Crippen molar-refractivity contribution >= 4 is 113 Å². The summed E-state index contributed by atoms with van der Waals surface area (Å²) < 4.78 is 127. The summed E-state index contributed by atoms with van der Waals surface area (Å²) >= 11 is 0. The maximum atomic E-state index is 13.1. The highest BCUT2D eigenvalue weighted by Crippen LogP contribution is 2.36. The topological polar surface area (TPSA) is 356 Å². The van der Waals surface area contributed by atoms with Gasteiger partial charge < -0.3 is 10.5 Å². The van der Waals surface area contributed by atoms with Crippen LogP contribution in [-0.4, -0.2) is 105 Å². The van der Waals surface area contributed by atoms with Gasteiger partial charge in [-0.1, -0.05) is 198 Å². The van der Waals surface area contributed by atoms with Gasteiger partial charge in [0.25, 0.3) is 40.1 Å². The number of sulfonamides is 4. The van der Waals surface area contributed by atoms with Crippen LogP contribution in [0.5, 0.6) is 5.75 Å². The molecule has 0 atom stereocenters. The lowest BCUT2D eigenvalue weighted by molar-refractivity contribution is 0.418. The van der Waals surface area contributed by atoms with Crippen molar-refractivity contribution < 1.29 is 38.4 Å². The van der Waals surface area contributed by atoms with Gasteiger partial charge in [0.05, 0.1) is 95.5 Å². The molecule has 0 spiro atoms. The molecule has 8 aromatic carbocycles. The number of fused-ring (bicyclic) bond motifs is 4. The van der Waals surface area contributed by atoms with Crippen LogP contribution in [0, 0.1) is 34.6 Å². The second kappa shape index (κ2) is 34.6. The van der Waals surface area contributed by atoms with Crippen molar-refractivity contribution in [1.29, 1.82) is 0 Å². The molecule has 0 aliphatic carbocycles. The van der Waals surface area contributed by atoms with Gasteiger partial charge in [0, 0.05) is 63.5 Å². The van der Waals surface area contributed by atoms with Gasteiger partial charge in [-0.3, -0.25) is 23.9 Å². The van der Waals surface area contributed by atoms with Crippen LogP contribution in [-0.2, 0) is 61.8 Å². The molecular weight excluding hydrogens is 1640 g/mol. The Bertz CT molecular complexity index is 7150. The summed E-state index contributed by atoms with van der Waals surface area (Å²) in [7, 11) is -13.6. The first-order valence-electron chi connectivity index (χ1n) is 39.8. The number of nitrogen functional groups attached to an aromatic ring is 1. The number of pyridine rings is 3. The molecule has 0 radical (unpaired) electrons. The molecule has 27 nitrogen and oxygen atoms in total. The highest BCUT2D eigenvalue weighted by atomic mass is 32.2. The number of aryl methyl sites for hydroxylation is 5. The average molecular weight is 1740 g/mol. The lowest BCUT2D eigenvalue weighted by Gasteiger charge is -2.19. The summed E-state index contributed by atoms with van der Waals surface area (Å²) in [5.41, 5.74) is 18.1. The van der Waals surface area contributed by atoms with Crippen LogP contribution in [0.1, 0.15) is 134 Å².